The first-order valence-electron chi connectivity index (χ1n) is 9.14. The molecule has 0 fully saturated rings. The SMILES string of the molecule is Cc1ccc(C(C)NC(=O)CCSCCC(=O)NC(C)c2ccc(C)o2)o1. The number of thioether (sulfide) groups is 1. The Morgan fingerprint density at radius 2 is 1.26 bits per heavy atom. The van der Waals surface area contributed by atoms with Crippen molar-refractivity contribution in [3.05, 3.63) is 47.3 Å². The number of carbonyl (C=O) groups is 2. The highest BCUT2D eigenvalue weighted by atomic mass is 32.2. The minimum Gasteiger partial charge on any atom is -0.464 e. The van der Waals surface area contributed by atoms with Crippen LogP contribution in [0.25, 0.3) is 0 Å². The van der Waals surface area contributed by atoms with E-state index in [0.29, 0.717) is 24.3 Å². The highest BCUT2D eigenvalue weighted by Crippen LogP contribution is 2.17. The first-order chi connectivity index (χ1) is 12.8. The highest BCUT2D eigenvalue weighted by Gasteiger charge is 2.14. The zero-order chi connectivity index (χ0) is 19.8. The lowest BCUT2D eigenvalue weighted by Crippen LogP contribution is -2.27. The van der Waals surface area contributed by atoms with Crippen molar-refractivity contribution in [3.63, 3.8) is 0 Å². The standard InChI is InChI=1S/C20H28N2O4S/c1-13-5-7-17(25-13)15(3)21-19(23)9-11-27-12-10-20(24)22-16(4)18-8-6-14(2)26-18/h5-8,15-16H,9-12H2,1-4H3,(H,21,23)(H,22,24). The molecule has 0 aromatic carbocycles. The molecule has 2 amide bonds. The summed E-state index contributed by atoms with van der Waals surface area (Å²) in [6, 6.07) is 7.22. The Hall–Kier alpha value is -2.15. The van der Waals surface area contributed by atoms with Gasteiger partial charge in [-0.2, -0.15) is 11.8 Å². The van der Waals surface area contributed by atoms with Crippen LogP contribution < -0.4 is 10.6 Å². The zero-order valence-corrected chi connectivity index (χ0v) is 17.2. The lowest BCUT2D eigenvalue weighted by Gasteiger charge is -2.12. The third-order valence-corrected chi connectivity index (χ3v) is 5.06. The van der Waals surface area contributed by atoms with E-state index in [2.05, 4.69) is 10.6 Å². The molecule has 0 saturated carbocycles. The molecule has 0 aliphatic carbocycles. The number of rotatable bonds is 10. The lowest BCUT2D eigenvalue weighted by molar-refractivity contribution is -0.122. The monoisotopic (exact) mass is 392 g/mol. The quantitative estimate of drug-likeness (QED) is 0.596. The van der Waals surface area contributed by atoms with E-state index < -0.39 is 0 Å². The van der Waals surface area contributed by atoms with Gasteiger partial charge in [-0.15, -0.1) is 0 Å². The summed E-state index contributed by atoms with van der Waals surface area (Å²) in [5.41, 5.74) is 0. The maximum absolute atomic E-state index is 12.0. The van der Waals surface area contributed by atoms with Crippen LogP contribution in [0.2, 0.25) is 0 Å². The minimum atomic E-state index is -0.145. The fourth-order valence-corrected chi connectivity index (χ4v) is 3.44. The van der Waals surface area contributed by atoms with Crippen molar-refractivity contribution in [1.29, 1.82) is 0 Å². The van der Waals surface area contributed by atoms with Crippen LogP contribution in [0, 0.1) is 13.8 Å². The second kappa shape index (κ2) is 10.3. The van der Waals surface area contributed by atoms with Gasteiger partial charge in [-0.1, -0.05) is 0 Å². The van der Waals surface area contributed by atoms with Crippen molar-refractivity contribution in [2.75, 3.05) is 11.5 Å². The lowest BCUT2D eigenvalue weighted by atomic mass is 10.2. The molecule has 2 heterocycles. The molecule has 2 rings (SSSR count). The normalized spacial score (nSPS) is 13.2. The Morgan fingerprint density at radius 1 is 0.852 bits per heavy atom. The molecular formula is C20H28N2O4S. The first-order valence-corrected chi connectivity index (χ1v) is 10.3. The Labute approximate surface area is 164 Å². The van der Waals surface area contributed by atoms with Crippen LogP contribution in [0.3, 0.4) is 0 Å². The van der Waals surface area contributed by atoms with Crippen LogP contribution >= 0.6 is 11.8 Å². The summed E-state index contributed by atoms with van der Waals surface area (Å²) < 4.78 is 11.0. The summed E-state index contributed by atoms with van der Waals surface area (Å²) in [7, 11) is 0. The van der Waals surface area contributed by atoms with Crippen LogP contribution in [0.5, 0.6) is 0 Å². The first kappa shape index (κ1) is 21.2. The van der Waals surface area contributed by atoms with Gasteiger partial charge < -0.3 is 19.5 Å². The number of furan rings is 2. The molecule has 0 aliphatic heterocycles. The second-order valence-corrected chi connectivity index (χ2v) is 7.81. The number of nitrogens with one attached hydrogen (secondary N) is 2. The van der Waals surface area contributed by atoms with E-state index in [1.165, 1.54) is 0 Å². The molecular weight excluding hydrogens is 364 g/mol. The molecule has 0 radical (unpaired) electrons. The number of amides is 2. The fraction of sp³-hybridized carbons (Fsp3) is 0.500. The maximum atomic E-state index is 12.0. The molecule has 0 aliphatic rings. The highest BCUT2D eigenvalue weighted by molar-refractivity contribution is 7.99. The molecule has 148 valence electrons. The summed E-state index contributed by atoms with van der Waals surface area (Å²) in [5, 5.41) is 5.84. The molecule has 0 spiro atoms. The topological polar surface area (TPSA) is 84.5 Å². The molecule has 6 nitrogen and oxygen atoms in total. The predicted molar refractivity (Wildman–Crippen MR) is 107 cm³/mol. The van der Waals surface area contributed by atoms with Crippen LogP contribution in [-0.4, -0.2) is 23.3 Å². The number of aryl methyl sites for hydroxylation is 2. The van der Waals surface area contributed by atoms with E-state index >= 15 is 0 Å². The van der Waals surface area contributed by atoms with Crippen molar-refractivity contribution in [2.45, 2.75) is 52.6 Å². The molecule has 0 bridgehead atoms. The van der Waals surface area contributed by atoms with Crippen molar-refractivity contribution in [3.8, 4) is 0 Å². The largest absolute Gasteiger partial charge is 0.464 e. The maximum Gasteiger partial charge on any atom is 0.221 e. The third kappa shape index (κ3) is 7.17. The van der Waals surface area contributed by atoms with E-state index in [1.54, 1.807) is 11.8 Å². The van der Waals surface area contributed by atoms with Gasteiger partial charge in [0.2, 0.25) is 11.8 Å². The van der Waals surface area contributed by atoms with Gasteiger partial charge in [-0.3, -0.25) is 9.59 Å². The molecule has 7 heteroatoms. The van der Waals surface area contributed by atoms with Gasteiger partial charge in [0, 0.05) is 24.3 Å². The van der Waals surface area contributed by atoms with Gasteiger partial charge in [0.1, 0.15) is 23.0 Å². The van der Waals surface area contributed by atoms with E-state index in [4.69, 9.17) is 8.83 Å². The second-order valence-electron chi connectivity index (χ2n) is 6.59. The Balaban J connectivity index is 1.57. The van der Waals surface area contributed by atoms with Crippen LogP contribution in [0.15, 0.2) is 33.1 Å². The van der Waals surface area contributed by atoms with Gasteiger partial charge in [0.05, 0.1) is 12.1 Å². The molecule has 2 N–H and O–H groups in total. The van der Waals surface area contributed by atoms with E-state index in [-0.39, 0.29) is 23.9 Å². The number of hydrogen-bond acceptors (Lipinski definition) is 5. The summed E-state index contributed by atoms with van der Waals surface area (Å²) >= 11 is 1.60. The average Bonchev–Trinajstić information content (AvgIpc) is 3.23. The zero-order valence-electron chi connectivity index (χ0n) is 16.3. The summed E-state index contributed by atoms with van der Waals surface area (Å²) in [5.74, 6) is 4.49. The summed E-state index contributed by atoms with van der Waals surface area (Å²) in [6.07, 6.45) is 0.830. The third-order valence-electron chi connectivity index (χ3n) is 4.08. The average molecular weight is 393 g/mol. The Bertz CT molecular complexity index is 691. The molecule has 2 unspecified atom stereocenters. The molecule has 2 aromatic rings. The fourth-order valence-electron chi connectivity index (χ4n) is 2.57. The summed E-state index contributed by atoms with van der Waals surface area (Å²) in [6.45, 7) is 7.55. The van der Waals surface area contributed by atoms with Gasteiger partial charge in [0.25, 0.3) is 0 Å². The van der Waals surface area contributed by atoms with Crippen LogP contribution in [0.1, 0.15) is 61.8 Å². The van der Waals surface area contributed by atoms with Crippen LogP contribution in [0.4, 0.5) is 0 Å². The Morgan fingerprint density at radius 3 is 1.59 bits per heavy atom. The van der Waals surface area contributed by atoms with E-state index in [1.807, 2.05) is 52.0 Å². The number of carbonyl (C=O) groups excluding carboxylic acids is 2. The van der Waals surface area contributed by atoms with Gasteiger partial charge in [0.15, 0.2) is 0 Å². The van der Waals surface area contributed by atoms with Gasteiger partial charge in [-0.05, 0) is 52.0 Å². The van der Waals surface area contributed by atoms with Crippen molar-refractivity contribution in [1.82, 2.24) is 10.6 Å². The molecule has 27 heavy (non-hydrogen) atoms. The minimum absolute atomic E-state index is 0.0182. The molecule has 2 atom stereocenters. The Kier molecular flexibility index (Phi) is 8.03. The molecule has 0 saturated heterocycles. The van der Waals surface area contributed by atoms with E-state index in [0.717, 1.165) is 23.0 Å². The van der Waals surface area contributed by atoms with Gasteiger partial charge in [-0.25, -0.2) is 0 Å². The van der Waals surface area contributed by atoms with Crippen LogP contribution in [-0.2, 0) is 9.59 Å². The number of hydrogen-bond donors (Lipinski definition) is 2. The van der Waals surface area contributed by atoms with Crippen molar-refractivity contribution < 1.29 is 18.4 Å². The van der Waals surface area contributed by atoms with E-state index in [9.17, 15) is 9.59 Å². The van der Waals surface area contributed by atoms with Gasteiger partial charge >= 0.3 is 0 Å². The predicted octanol–water partition coefficient (Wildman–Crippen LogP) is 4.06. The summed E-state index contributed by atoms with van der Waals surface area (Å²) in [4.78, 5) is 24.0. The van der Waals surface area contributed by atoms with Crippen molar-refractivity contribution in [2.24, 2.45) is 0 Å². The molecule has 2 aromatic heterocycles. The smallest absolute Gasteiger partial charge is 0.221 e. The van der Waals surface area contributed by atoms with Crippen molar-refractivity contribution >= 4 is 23.6 Å².